The second-order valence-corrected chi connectivity index (χ2v) is 5.28. The normalized spacial score (nSPS) is 12.3. The number of hydrogen-bond acceptors (Lipinski definition) is 3. The molecule has 1 unspecified atom stereocenters. The van der Waals surface area contributed by atoms with Crippen LogP contribution in [0.15, 0.2) is 54.6 Å². The van der Waals surface area contributed by atoms with E-state index in [4.69, 9.17) is 4.74 Å². The number of fused-ring (bicyclic) bond motifs is 1. The Kier molecular flexibility index (Phi) is 3.92. The smallest absolute Gasteiger partial charge is 0.152 e. The van der Waals surface area contributed by atoms with Crippen LogP contribution in [-0.2, 0) is 11.4 Å². The van der Waals surface area contributed by atoms with E-state index in [-0.39, 0.29) is 11.8 Å². The van der Waals surface area contributed by atoms with Crippen molar-refractivity contribution in [3.05, 3.63) is 60.4 Å². The van der Waals surface area contributed by atoms with Crippen molar-refractivity contribution in [1.82, 2.24) is 9.55 Å². The van der Waals surface area contributed by atoms with Crippen LogP contribution in [0.4, 0.5) is 0 Å². The molecule has 1 atom stereocenters. The Balaban J connectivity index is 1.97. The second-order valence-electron chi connectivity index (χ2n) is 5.28. The van der Waals surface area contributed by atoms with Gasteiger partial charge in [-0.2, -0.15) is 0 Å². The molecule has 3 rings (SSSR count). The van der Waals surface area contributed by atoms with Crippen LogP contribution in [0.2, 0.25) is 0 Å². The lowest BCUT2D eigenvalue weighted by molar-refractivity contribution is -0.119. The van der Waals surface area contributed by atoms with Gasteiger partial charge in [-0.25, -0.2) is 4.98 Å². The Morgan fingerprint density at radius 3 is 2.55 bits per heavy atom. The highest BCUT2D eigenvalue weighted by molar-refractivity contribution is 5.83. The van der Waals surface area contributed by atoms with E-state index in [9.17, 15) is 4.79 Å². The quantitative estimate of drug-likeness (QED) is 0.719. The maximum absolute atomic E-state index is 11.8. The number of aromatic nitrogens is 2. The van der Waals surface area contributed by atoms with Crippen LogP contribution in [-0.4, -0.2) is 15.3 Å². The highest BCUT2D eigenvalue weighted by Crippen LogP contribution is 2.23. The topological polar surface area (TPSA) is 44.1 Å². The fourth-order valence-corrected chi connectivity index (χ4v) is 2.47. The van der Waals surface area contributed by atoms with Crippen molar-refractivity contribution >= 4 is 16.8 Å². The summed E-state index contributed by atoms with van der Waals surface area (Å²) in [6.45, 7) is 3.82. The molecular weight excluding hydrogens is 276 g/mol. The molecular formula is C18H18N2O2. The third kappa shape index (κ3) is 2.72. The van der Waals surface area contributed by atoms with Gasteiger partial charge >= 0.3 is 0 Å². The fraction of sp³-hybridized carbons (Fsp3) is 0.222. The predicted octanol–water partition coefficient (Wildman–Crippen LogP) is 3.77. The number of imidazole rings is 1. The van der Waals surface area contributed by atoms with Crippen molar-refractivity contribution in [1.29, 1.82) is 0 Å². The van der Waals surface area contributed by atoms with Gasteiger partial charge in [0.05, 0.1) is 17.1 Å². The summed E-state index contributed by atoms with van der Waals surface area (Å²) in [7, 11) is 0. The van der Waals surface area contributed by atoms with Gasteiger partial charge in [0.15, 0.2) is 5.78 Å². The number of Topliss-reactive ketones (excluding diaryl/α,β-unsaturated/α-hetero) is 1. The van der Waals surface area contributed by atoms with Gasteiger partial charge < -0.3 is 9.30 Å². The maximum atomic E-state index is 11.8. The fourth-order valence-electron chi connectivity index (χ4n) is 2.47. The molecule has 0 N–H and O–H groups in total. The first-order chi connectivity index (χ1) is 10.7. The number of ether oxygens (including phenoxy) is 1. The summed E-state index contributed by atoms with van der Waals surface area (Å²) in [6.07, 6.45) is 0. The average molecular weight is 294 g/mol. The van der Waals surface area contributed by atoms with E-state index in [1.807, 2.05) is 66.1 Å². The zero-order chi connectivity index (χ0) is 15.5. The highest BCUT2D eigenvalue weighted by Gasteiger charge is 2.18. The van der Waals surface area contributed by atoms with E-state index < -0.39 is 0 Å². The number of carbonyl (C=O) groups excluding carboxylic acids is 1. The van der Waals surface area contributed by atoms with E-state index >= 15 is 0 Å². The molecule has 2 aromatic carbocycles. The first-order valence-corrected chi connectivity index (χ1v) is 7.31. The van der Waals surface area contributed by atoms with Gasteiger partial charge in [0.1, 0.15) is 18.2 Å². The van der Waals surface area contributed by atoms with E-state index in [2.05, 4.69) is 4.98 Å². The molecule has 112 valence electrons. The molecule has 0 fully saturated rings. The molecule has 0 aliphatic heterocycles. The predicted molar refractivity (Wildman–Crippen MR) is 85.9 cm³/mol. The molecule has 1 heterocycles. The summed E-state index contributed by atoms with van der Waals surface area (Å²) in [4.78, 5) is 16.4. The van der Waals surface area contributed by atoms with E-state index in [0.29, 0.717) is 6.61 Å². The molecule has 0 saturated carbocycles. The minimum Gasteiger partial charge on any atom is -0.486 e. The SMILES string of the molecule is CC(=O)C(C)n1c(COc2ccccc2)nc2ccccc21. The summed E-state index contributed by atoms with van der Waals surface area (Å²) in [5, 5.41) is 0. The van der Waals surface area contributed by atoms with Gasteiger partial charge in [-0.05, 0) is 38.1 Å². The van der Waals surface area contributed by atoms with E-state index in [1.54, 1.807) is 6.92 Å². The van der Waals surface area contributed by atoms with Gasteiger partial charge in [0.25, 0.3) is 0 Å². The number of carbonyl (C=O) groups is 1. The van der Waals surface area contributed by atoms with Crippen molar-refractivity contribution in [2.24, 2.45) is 0 Å². The second kappa shape index (κ2) is 6.02. The summed E-state index contributed by atoms with van der Waals surface area (Å²) >= 11 is 0. The highest BCUT2D eigenvalue weighted by atomic mass is 16.5. The van der Waals surface area contributed by atoms with Crippen LogP contribution in [0.3, 0.4) is 0 Å². The molecule has 0 aliphatic carbocycles. The molecule has 22 heavy (non-hydrogen) atoms. The number of hydrogen-bond donors (Lipinski definition) is 0. The van der Waals surface area contributed by atoms with Gasteiger partial charge in [-0.3, -0.25) is 4.79 Å². The molecule has 0 spiro atoms. The van der Waals surface area contributed by atoms with Crippen LogP contribution in [0.5, 0.6) is 5.75 Å². The Labute approximate surface area is 129 Å². The Morgan fingerprint density at radius 2 is 1.82 bits per heavy atom. The van der Waals surface area contributed by atoms with Crippen LogP contribution in [0.25, 0.3) is 11.0 Å². The average Bonchev–Trinajstić information content (AvgIpc) is 2.91. The number of benzene rings is 2. The van der Waals surface area contributed by atoms with Gasteiger partial charge in [-0.15, -0.1) is 0 Å². The number of ketones is 1. The summed E-state index contributed by atoms with van der Waals surface area (Å²) < 4.78 is 7.76. The van der Waals surface area contributed by atoms with E-state index in [1.165, 1.54) is 0 Å². The maximum Gasteiger partial charge on any atom is 0.152 e. The van der Waals surface area contributed by atoms with Gasteiger partial charge in [0, 0.05) is 0 Å². The summed E-state index contributed by atoms with van der Waals surface area (Å²) in [5.74, 6) is 1.65. The largest absolute Gasteiger partial charge is 0.486 e. The third-order valence-electron chi connectivity index (χ3n) is 3.76. The molecule has 0 saturated heterocycles. The van der Waals surface area contributed by atoms with Crippen molar-refractivity contribution < 1.29 is 9.53 Å². The van der Waals surface area contributed by atoms with Gasteiger partial charge in [-0.1, -0.05) is 30.3 Å². The molecule has 1 aromatic heterocycles. The third-order valence-corrected chi connectivity index (χ3v) is 3.76. The van der Waals surface area contributed by atoms with Crippen LogP contribution in [0.1, 0.15) is 25.7 Å². The Hall–Kier alpha value is -2.62. The number of rotatable bonds is 5. The van der Waals surface area contributed by atoms with E-state index in [0.717, 1.165) is 22.6 Å². The zero-order valence-electron chi connectivity index (χ0n) is 12.7. The monoisotopic (exact) mass is 294 g/mol. The molecule has 3 aromatic rings. The molecule has 0 amide bonds. The minimum absolute atomic E-state index is 0.101. The van der Waals surface area contributed by atoms with Crippen LogP contribution >= 0.6 is 0 Å². The van der Waals surface area contributed by atoms with Crippen LogP contribution in [0, 0.1) is 0 Å². The number of nitrogens with zero attached hydrogens (tertiary/aromatic N) is 2. The molecule has 0 aliphatic rings. The summed E-state index contributed by atoms with van der Waals surface area (Å²) in [6, 6.07) is 17.2. The van der Waals surface area contributed by atoms with Gasteiger partial charge in [0.2, 0.25) is 0 Å². The lowest BCUT2D eigenvalue weighted by Gasteiger charge is -2.15. The molecule has 0 radical (unpaired) electrons. The Morgan fingerprint density at radius 1 is 1.14 bits per heavy atom. The van der Waals surface area contributed by atoms with Crippen molar-refractivity contribution in [3.8, 4) is 5.75 Å². The lowest BCUT2D eigenvalue weighted by Crippen LogP contribution is -2.17. The zero-order valence-corrected chi connectivity index (χ0v) is 12.7. The summed E-state index contributed by atoms with van der Waals surface area (Å²) in [5.41, 5.74) is 1.83. The first kappa shape index (κ1) is 14.3. The first-order valence-electron chi connectivity index (χ1n) is 7.31. The Bertz CT molecular complexity index is 793. The van der Waals surface area contributed by atoms with Crippen molar-refractivity contribution in [3.63, 3.8) is 0 Å². The number of para-hydroxylation sites is 3. The lowest BCUT2D eigenvalue weighted by atomic mass is 10.2. The standard InChI is InChI=1S/C18H18N2O2/c1-13(14(2)21)20-17-11-7-6-10-16(17)19-18(20)12-22-15-8-4-3-5-9-15/h3-11,13H,12H2,1-2H3. The molecule has 0 bridgehead atoms. The van der Waals surface area contributed by atoms with Crippen molar-refractivity contribution in [2.45, 2.75) is 26.5 Å². The minimum atomic E-state index is -0.262. The molecule has 4 heteroatoms. The van der Waals surface area contributed by atoms with Crippen LogP contribution < -0.4 is 4.74 Å². The molecule has 4 nitrogen and oxygen atoms in total. The van der Waals surface area contributed by atoms with Crippen molar-refractivity contribution in [2.75, 3.05) is 0 Å².